The van der Waals surface area contributed by atoms with Gasteiger partial charge in [-0.05, 0) is 13.0 Å². The third-order valence-electron chi connectivity index (χ3n) is 0.974. The SMILES string of the molecule is Cc1ccccc(=O)n1. The molecule has 1 aromatic heterocycles. The molecule has 0 aromatic carbocycles. The summed E-state index contributed by atoms with van der Waals surface area (Å²) in [5.41, 5.74) is 0.572. The highest BCUT2D eigenvalue weighted by Gasteiger charge is 1.80. The highest BCUT2D eigenvalue weighted by molar-refractivity contribution is 5.00. The molecule has 46 valence electrons. The first-order valence-corrected chi connectivity index (χ1v) is 2.73. The van der Waals surface area contributed by atoms with Crippen LogP contribution >= 0.6 is 0 Å². The molecule has 0 fully saturated rings. The second-order valence-electron chi connectivity index (χ2n) is 1.81. The lowest BCUT2D eigenvalue weighted by molar-refractivity contribution is 1.17. The number of aromatic nitrogens is 1. The highest BCUT2D eigenvalue weighted by Crippen LogP contribution is 1.82. The Morgan fingerprint density at radius 1 is 1.33 bits per heavy atom. The molecule has 0 aliphatic rings. The quantitative estimate of drug-likeness (QED) is 0.507. The van der Waals surface area contributed by atoms with Crippen molar-refractivity contribution in [1.29, 1.82) is 0 Å². The molecule has 0 radical (unpaired) electrons. The Balaban J connectivity index is 3.37. The molecule has 0 saturated carbocycles. The van der Waals surface area contributed by atoms with Gasteiger partial charge in [0.15, 0.2) is 0 Å². The normalized spacial score (nSPS) is 9.00. The van der Waals surface area contributed by atoms with E-state index in [0.717, 1.165) is 5.69 Å². The zero-order chi connectivity index (χ0) is 6.69. The average molecular weight is 121 g/mol. The lowest BCUT2D eigenvalue weighted by Gasteiger charge is -1.73. The molecule has 0 saturated heterocycles. The average Bonchev–Trinajstić information content (AvgIpc) is 1.93. The van der Waals surface area contributed by atoms with Gasteiger partial charge < -0.3 is 0 Å². The van der Waals surface area contributed by atoms with E-state index in [9.17, 15) is 4.79 Å². The van der Waals surface area contributed by atoms with Crippen molar-refractivity contribution < 1.29 is 0 Å². The van der Waals surface area contributed by atoms with Gasteiger partial charge in [-0.3, -0.25) is 4.79 Å². The van der Waals surface area contributed by atoms with Crippen LogP contribution in [0.5, 0.6) is 0 Å². The molecule has 1 aromatic rings. The molecule has 0 bridgehead atoms. The lowest BCUT2D eigenvalue weighted by atomic mass is 10.4. The van der Waals surface area contributed by atoms with Crippen LogP contribution in [0.3, 0.4) is 0 Å². The summed E-state index contributed by atoms with van der Waals surface area (Å²) in [5, 5.41) is 0. The molecule has 2 nitrogen and oxygen atoms in total. The fourth-order valence-electron chi connectivity index (χ4n) is 0.581. The van der Waals surface area contributed by atoms with Gasteiger partial charge in [-0.15, -0.1) is 0 Å². The van der Waals surface area contributed by atoms with E-state index in [-0.39, 0.29) is 5.56 Å². The van der Waals surface area contributed by atoms with E-state index < -0.39 is 0 Å². The summed E-state index contributed by atoms with van der Waals surface area (Å²) < 4.78 is 0. The van der Waals surface area contributed by atoms with Gasteiger partial charge in [-0.25, -0.2) is 4.98 Å². The number of hydrogen-bond acceptors (Lipinski definition) is 2. The molecule has 0 amide bonds. The maximum Gasteiger partial charge on any atom is 0.269 e. The van der Waals surface area contributed by atoms with Crippen LogP contribution in [0.2, 0.25) is 0 Å². The lowest BCUT2D eigenvalue weighted by Crippen LogP contribution is -1.99. The third kappa shape index (κ3) is 1.64. The Hall–Kier alpha value is -1.18. The van der Waals surface area contributed by atoms with E-state index in [1.165, 1.54) is 6.07 Å². The van der Waals surface area contributed by atoms with Crippen molar-refractivity contribution >= 4 is 0 Å². The smallest absolute Gasteiger partial charge is 0.267 e. The number of aryl methyl sites for hydroxylation is 1. The molecular weight excluding hydrogens is 114 g/mol. The van der Waals surface area contributed by atoms with Crippen molar-refractivity contribution in [2.45, 2.75) is 6.92 Å². The molecule has 0 aliphatic heterocycles. The maximum absolute atomic E-state index is 10.6. The summed E-state index contributed by atoms with van der Waals surface area (Å²) in [6.45, 7) is 1.79. The van der Waals surface area contributed by atoms with Gasteiger partial charge in [0.25, 0.3) is 5.56 Å². The fourth-order valence-corrected chi connectivity index (χ4v) is 0.581. The first-order chi connectivity index (χ1) is 4.29. The van der Waals surface area contributed by atoms with Crippen LogP contribution in [0.15, 0.2) is 29.1 Å². The van der Waals surface area contributed by atoms with Crippen molar-refractivity contribution in [2.24, 2.45) is 0 Å². The van der Waals surface area contributed by atoms with E-state index in [4.69, 9.17) is 0 Å². The first-order valence-electron chi connectivity index (χ1n) is 2.73. The molecule has 0 atom stereocenters. The molecule has 2 heteroatoms. The molecule has 0 spiro atoms. The minimum Gasteiger partial charge on any atom is -0.267 e. The monoisotopic (exact) mass is 121 g/mol. The van der Waals surface area contributed by atoms with Crippen LogP contribution < -0.4 is 5.56 Å². The topological polar surface area (TPSA) is 30.0 Å². The summed E-state index contributed by atoms with van der Waals surface area (Å²) in [6, 6.07) is 6.71. The van der Waals surface area contributed by atoms with Crippen molar-refractivity contribution in [3.05, 3.63) is 40.3 Å². The standard InChI is InChI=1S/C7H7NO/c1-6-4-2-3-5-7(9)8-6/h2-5H,1H3. The molecule has 1 rings (SSSR count). The van der Waals surface area contributed by atoms with Gasteiger partial charge in [0, 0.05) is 11.8 Å². The molecule has 0 unspecified atom stereocenters. The number of nitrogens with zero attached hydrogens (tertiary/aromatic N) is 1. The summed E-state index contributed by atoms with van der Waals surface area (Å²) in [6.07, 6.45) is 0. The highest BCUT2D eigenvalue weighted by atomic mass is 16.1. The number of rotatable bonds is 0. The van der Waals surface area contributed by atoms with Crippen molar-refractivity contribution in [3.63, 3.8) is 0 Å². The molecule has 1 heterocycles. The minimum absolute atomic E-state index is 0.183. The number of hydrogen-bond donors (Lipinski definition) is 0. The minimum atomic E-state index is -0.183. The molecule has 9 heavy (non-hydrogen) atoms. The van der Waals surface area contributed by atoms with Gasteiger partial charge in [-0.1, -0.05) is 12.1 Å². The second kappa shape index (κ2) is 2.40. The van der Waals surface area contributed by atoms with Crippen LogP contribution in [0, 0.1) is 6.92 Å². The van der Waals surface area contributed by atoms with Crippen LogP contribution in [-0.2, 0) is 0 Å². The summed E-state index contributed by atoms with van der Waals surface area (Å²) in [4.78, 5) is 14.3. The predicted octanol–water partition coefficient (Wildman–Crippen LogP) is 0.750. The van der Waals surface area contributed by atoms with Gasteiger partial charge >= 0.3 is 0 Å². The van der Waals surface area contributed by atoms with Crippen molar-refractivity contribution in [3.8, 4) is 0 Å². The van der Waals surface area contributed by atoms with E-state index in [0.29, 0.717) is 0 Å². The zero-order valence-corrected chi connectivity index (χ0v) is 5.16. The summed E-state index contributed by atoms with van der Waals surface area (Å²) in [7, 11) is 0. The summed E-state index contributed by atoms with van der Waals surface area (Å²) >= 11 is 0. The van der Waals surface area contributed by atoms with E-state index in [1.54, 1.807) is 25.1 Å². The van der Waals surface area contributed by atoms with E-state index in [1.807, 2.05) is 0 Å². The van der Waals surface area contributed by atoms with Crippen LogP contribution in [0.25, 0.3) is 0 Å². The van der Waals surface area contributed by atoms with Crippen molar-refractivity contribution in [1.82, 2.24) is 4.98 Å². The molecular formula is C7H7NO. The second-order valence-corrected chi connectivity index (χ2v) is 1.81. The Kier molecular flexibility index (Phi) is 1.58. The van der Waals surface area contributed by atoms with E-state index in [2.05, 4.69) is 4.98 Å². The Morgan fingerprint density at radius 2 is 2.00 bits per heavy atom. The van der Waals surface area contributed by atoms with Crippen LogP contribution in [0.1, 0.15) is 5.69 Å². The fraction of sp³-hybridized carbons (Fsp3) is 0.143. The van der Waals surface area contributed by atoms with Gasteiger partial charge in [0.05, 0.1) is 0 Å². The summed E-state index contributed by atoms with van der Waals surface area (Å²) in [5.74, 6) is 0. The zero-order valence-electron chi connectivity index (χ0n) is 5.16. The van der Waals surface area contributed by atoms with Gasteiger partial charge in [0.1, 0.15) is 0 Å². The Bertz CT molecular complexity index is 257. The van der Waals surface area contributed by atoms with E-state index >= 15 is 0 Å². The van der Waals surface area contributed by atoms with Gasteiger partial charge in [0.2, 0.25) is 0 Å². The van der Waals surface area contributed by atoms with Crippen molar-refractivity contribution in [2.75, 3.05) is 0 Å². The maximum atomic E-state index is 10.6. The Labute approximate surface area is 53.2 Å². The van der Waals surface area contributed by atoms with Crippen LogP contribution in [-0.4, -0.2) is 4.98 Å². The van der Waals surface area contributed by atoms with Crippen LogP contribution in [0.4, 0.5) is 0 Å². The predicted molar refractivity (Wildman–Crippen MR) is 35.2 cm³/mol. The first kappa shape index (κ1) is 5.95. The third-order valence-corrected chi connectivity index (χ3v) is 0.974. The largest absolute Gasteiger partial charge is 0.269 e. The Morgan fingerprint density at radius 3 is 2.78 bits per heavy atom. The molecule has 0 aliphatic carbocycles. The van der Waals surface area contributed by atoms with Gasteiger partial charge in [-0.2, -0.15) is 0 Å². The molecule has 0 N–H and O–H groups in total.